The van der Waals surface area contributed by atoms with Crippen molar-refractivity contribution >= 4 is 34.3 Å². The lowest BCUT2D eigenvalue weighted by Crippen LogP contribution is -2.34. The van der Waals surface area contributed by atoms with Gasteiger partial charge in [-0.05, 0) is 42.3 Å². The van der Waals surface area contributed by atoms with E-state index in [9.17, 15) is 14.7 Å². The van der Waals surface area contributed by atoms with Gasteiger partial charge in [0, 0.05) is 17.7 Å². The van der Waals surface area contributed by atoms with Gasteiger partial charge >= 0.3 is 5.24 Å². The third kappa shape index (κ3) is 4.94. The SMILES string of the molecule is CCC(=O)Nc1ccc(CN2N=C(c3ccc(OC)c(O)c3)C(CC)SC2=O)cc1. The van der Waals surface area contributed by atoms with E-state index in [4.69, 9.17) is 4.74 Å². The number of ether oxygens (including phenoxy) is 1. The van der Waals surface area contributed by atoms with Crippen molar-refractivity contribution in [2.24, 2.45) is 5.10 Å². The van der Waals surface area contributed by atoms with Gasteiger partial charge in [-0.15, -0.1) is 0 Å². The van der Waals surface area contributed by atoms with Crippen molar-refractivity contribution in [1.29, 1.82) is 0 Å². The number of rotatable bonds is 7. The Balaban J connectivity index is 1.83. The molecule has 3 rings (SSSR count). The third-order valence-electron chi connectivity index (χ3n) is 4.72. The Hall–Kier alpha value is -3.00. The fourth-order valence-electron chi connectivity index (χ4n) is 3.06. The van der Waals surface area contributed by atoms with Gasteiger partial charge in [0.2, 0.25) is 5.91 Å². The van der Waals surface area contributed by atoms with Crippen LogP contribution in [0.2, 0.25) is 0 Å². The van der Waals surface area contributed by atoms with Gasteiger partial charge in [0.1, 0.15) is 0 Å². The zero-order chi connectivity index (χ0) is 21.7. The minimum Gasteiger partial charge on any atom is -0.504 e. The summed E-state index contributed by atoms with van der Waals surface area (Å²) in [6.07, 6.45) is 1.15. The van der Waals surface area contributed by atoms with Crippen LogP contribution in [0.25, 0.3) is 0 Å². The molecule has 0 bridgehead atoms. The van der Waals surface area contributed by atoms with Crippen LogP contribution in [0, 0.1) is 0 Å². The molecule has 2 aromatic carbocycles. The molecule has 1 aliphatic rings. The van der Waals surface area contributed by atoms with Gasteiger partial charge in [-0.25, -0.2) is 5.01 Å². The van der Waals surface area contributed by atoms with Crippen LogP contribution in [-0.4, -0.2) is 39.3 Å². The average molecular weight is 428 g/mol. The predicted octanol–water partition coefficient (Wildman–Crippen LogP) is 4.60. The fourth-order valence-corrected chi connectivity index (χ4v) is 3.99. The minimum atomic E-state index is -0.119. The number of anilines is 1. The predicted molar refractivity (Wildman–Crippen MR) is 119 cm³/mol. The van der Waals surface area contributed by atoms with Crippen molar-refractivity contribution in [3.05, 3.63) is 53.6 Å². The first-order valence-electron chi connectivity index (χ1n) is 9.78. The molecule has 2 N–H and O–H groups in total. The second kappa shape index (κ2) is 9.67. The molecule has 1 unspecified atom stereocenters. The van der Waals surface area contributed by atoms with E-state index < -0.39 is 0 Å². The van der Waals surface area contributed by atoms with E-state index >= 15 is 0 Å². The zero-order valence-corrected chi connectivity index (χ0v) is 18.0. The van der Waals surface area contributed by atoms with Crippen LogP contribution in [0.1, 0.15) is 37.8 Å². The summed E-state index contributed by atoms with van der Waals surface area (Å²) >= 11 is 1.23. The van der Waals surface area contributed by atoms with Gasteiger partial charge < -0.3 is 15.2 Å². The summed E-state index contributed by atoms with van der Waals surface area (Å²) in [5.74, 6) is 0.373. The number of benzene rings is 2. The van der Waals surface area contributed by atoms with Crippen molar-refractivity contribution in [3.8, 4) is 11.5 Å². The molecular formula is C22H25N3O4S. The molecule has 1 atom stereocenters. The quantitative estimate of drug-likeness (QED) is 0.674. The molecule has 8 heteroatoms. The maximum Gasteiger partial charge on any atom is 0.302 e. The lowest BCUT2D eigenvalue weighted by Gasteiger charge is -2.28. The van der Waals surface area contributed by atoms with E-state index in [2.05, 4.69) is 10.4 Å². The minimum absolute atomic E-state index is 0.0331. The number of amides is 2. The first kappa shape index (κ1) is 21.7. The zero-order valence-electron chi connectivity index (χ0n) is 17.2. The Morgan fingerprint density at radius 3 is 2.57 bits per heavy atom. The molecule has 0 fully saturated rings. The standard InChI is InChI=1S/C22H25N3O4S/c1-4-19-21(15-8-11-18(29-3)17(26)12-15)24-25(22(28)30-19)13-14-6-9-16(10-7-14)23-20(27)5-2/h6-12,19,26H,4-5,13H2,1-3H3,(H,23,27). The number of phenols is 1. The maximum absolute atomic E-state index is 12.6. The number of nitrogens with zero attached hydrogens (tertiary/aromatic N) is 2. The van der Waals surface area contributed by atoms with E-state index in [1.54, 1.807) is 19.1 Å². The van der Waals surface area contributed by atoms with Crippen molar-refractivity contribution in [3.63, 3.8) is 0 Å². The highest BCUT2D eigenvalue weighted by Crippen LogP contribution is 2.33. The summed E-state index contributed by atoms with van der Waals surface area (Å²) < 4.78 is 5.11. The third-order valence-corrected chi connectivity index (χ3v) is 5.98. The highest BCUT2D eigenvalue weighted by molar-refractivity contribution is 8.14. The second-order valence-corrected chi connectivity index (χ2v) is 7.96. The van der Waals surface area contributed by atoms with Crippen molar-refractivity contribution < 1.29 is 19.4 Å². The number of thioether (sulfide) groups is 1. The molecule has 0 aromatic heterocycles. The fraction of sp³-hybridized carbons (Fsp3) is 0.318. The molecule has 1 aliphatic heterocycles. The van der Waals surface area contributed by atoms with E-state index in [-0.39, 0.29) is 22.1 Å². The lowest BCUT2D eigenvalue weighted by atomic mass is 10.0. The average Bonchev–Trinajstić information content (AvgIpc) is 2.76. The van der Waals surface area contributed by atoms with Crippen LogP contribution in [0.3, 0.4) is 0 Å². The highest BCUT2D eigenvalue weighted by atomic mass is 32.2. The van der Waals surface area contributed by atoms with Gasteiger partial charge in [0.25, 0.3) is 0 Å². The number of hydrazone groups is 1. The van der Waals surface area contributed by atoms with Crippen molar-refractivity contribution in [1.82, 2.24) is 5.01 Å². The molecule has 0 saturated heterocycles. The maximum atomic E-state index is 12.6. The number of methoxy groups -OCH3 is 1. The molecule has 7 nitrogen and oxygen atoms in total. The second-order valence-electron chi connectivity index (χ2n) is 6.81. The van der Waals surface area contributed by atoms with E-state index in [1.165, 1.54) is 23.9 Å². The first-order valence-corrected chi connectivity index (χ1v) is 10.7. The molecule has 2 aromatic rings. The van der Waals surface area contributed by atoms with E-state index in [0.717, 1.165) is 23.3 Å². The first-order chi connectivity index (χ1) is 14.4. The van der Waals surface area contributed by atoms with Gasteiger partial charge in [-0.3, -0.25) is 9.59 Å². The van der Waals surface area contributed by atoms with E-state index in [1.807, 2.05) is 37.3 Å². The largest absolute Gasteiger partial charge is 0.504 e. The number of hydrogen-bond acceptors (Lipinski definition) is 6. The van der Waals surface area contributed by atoms with Gasteiger partial charge in [0.15, 0.2) is 11.5 Å². The van der Waals surface area contributed by atoms with Gasteiger partial charge in [0.05, 0.1) is 24.6 Å². The lowest BCUT2D eigenvalue weighted by molar-refractivity contribution is -0.115. The summed E-state index contributed by atoms with van der Waals surface area (Å²) in [4.78, 5) is 24.1. The number of carbonyl (C=O) groups excluding carboxylic acids is 2. The molecule has 0 spiro atoms. The van der Waals surface area contributed by atoms with E-state index in [0.29, 0.717) is 24.4 Å². The summed E-state index contributed by atoms with van der Waals surface area (Å²) in [5, 5.41) is 18.8. The number of hydrogen-bond donors (Lipinski definition) is 2. The molecule has 1 heterocycles. The highest BCUT2D eigenvalue weighted by Gasteiger charge is 2.30. The van der Waals surface area contributed by atoms with Crippen LogP contribution in [0.15, 0.2) is 47.6 Å². The molecule has 0 radical (unpaired) electrons. The Morgan fingerprint density at radius 1 is 1.23 bits per heavy atom. The number of phenolic OH excluding ortho intramolecular Hbond substituents is 1. The topological polar surface area (TPSA) is 91.2 Å². The summed E-state index contributed by atoms with van der Waals surface area (Å²) in [7, 11) is 1.50. The van der Waals surface area contributed by atoms with Gasteiger partial charge in [-0.2, -0.15) is 5.10 Å². The molecule has 0 aliphatic carbocycles. The Morgan fingerprint density at radius 2 is 1.97 bits per heavy atom. The monoisotopic (exact) mass is 427 g/mol. The summed E-state index contributed by atoms with van der Waals surface area (Å²) in [5.41, 5.74) is 3.11. The smallest absolute Gasteiger partial charge is 0.302 e. The van der Waals surface area contributed by atoms with Crippen molar-refractivity contribution in [2.45, 2.75) is 38.5 Å². The van der Waals surface area contributed by atoms with Crippen LogP contribution >= 0.6 is 11.8 Å². The molecule has 2 amide bonds. The Kier molecular flexibility index (Phi) is 6.99. The van der Waals surface area contributed by atoms with Crippen LogP contribution < -0.4 is 10.1 Å². The molecule has 0 saturated carbocycles. The normalized spacial score (nSPS) is 16.2. The number of carbonyl (C=O) groups is 2. The van der Waals surface area contributed by atoms with Crippen LogP contribution in [0.5, 0.6) is 11.5 Å². The molecule has 30 heavy (non-hydrogen) atoms. The molecule has 158 valence electrons. The number of nitrogens with one attached hydrogen (secondary N) is 1. The van der Waals surface area contributed by atoms with Crippen LogP contribution in [-0.2, 0) is 11.3 Å². The molecular weight excluding hydrogens is 402 g/mol. The van der Waals surface area contributed by atoms with Gasteiger partial charge in [-0.1, -0.05) is 37.7 Å². The Bertz CT molecular complexity index is 959. The number of aromatic hydroxyl groups is 1. The Labute approximate surface area is 180 Å². The summed E-state index contributed by atoms with van der Waals surface area (Å²) in [6, 6.07) is 12.5. The van der Waals surface area contributed by atoms with Crippen LogP contribution in [0.4, 0.5) is 10.5 Å². The van der Waals surface area contributed by atoms with Crippen molar-refractivity contribution in [2.75, 3.05) is 12.4 Å². The summed E-state index contributed by atoms with van der Waals surface area (Å²) in [6.45, 7) is 4.11.